The first kappa shape index (κ1) is 16.8. The highest BCUT2D eigenvalue weighted by Crippen LogP contribution is 2.41. The summed E-state index contributed by atoms with van der Waals surface area (Å²) in [6.07, 6.45) is 2.03. The fourth-order valence-electron chi connectivity index (χ4n) is 4.34. The van der Waals surface area contributed by atoms with Crippen LogP contribution in [0, 0.1) is 19.3 Å². The predicted octanol–water partition coefficient (Wildman–Crippen LogP) is 3.99. The van der Waals surface area contributed by atoms with E-state index in [4.69, 9.17) is 0 Å². The van der Waals surface area contributed by atoms with Crippen LogP contribution in [0.2, 0.25) is 0 Å². The average molecular weight is 355 g/mol. The van der Waals surface area contributed by atoms with Crippen LogP contribution in [0.15, 0.2) is 36.4 Å². The number of hydrogen-bond acceptors (Lipinski definition) is 3. The Kier molecular flexibility index (Phi) is 4.42. The minimum atomic E-state index is -0.129. The second-order valence-electron chi connectivity index (χ2n) is 7.72. The first-order valence-corrected chi connectivity index (χ1v) is 9.98. The van der Waals surface area contributed by atoms with Crippen LogP contribution in [-0.2, 0) is 17.9 Å². The molecule has 0 saturated carbocycles. The third kappa shape index (κ3) is 3.38. The van der Waals surface area contributed by atoms with E-state index in [1.807, 2.05) is 11.3 Å². The van der Waals surface area contributed by atoms with E-state index in [1.165, 1.54) is 20.9 Å². The lowest BCUT2D eigenvalue weighted by atomic mass is 9.85. The van der Waals surface area contributed by atoms with Crippen LogP contribution < -0.4 is 0 Å². The molecule has 25 heavy (non-hydrogen) atoms. The summed E-state index contributed by atoms with van der Waals surface area (Å²) < 4.78 is 0. The van der Waals surface area contributed by atoms with Gasteiger partial charge in [0.05, 0.1) is 5.41 Å². The van der Waals surface area contributed by atoms with Crippen LogP contribution >= 0.6 is 11.3 Å². The Balaban J connectivity index is 1.41. The zero-order chi connectivity index (χ0) is 17.4. The Morgan fingerprint density at radius 2 is 1.92 bits per heavy atom. The summed E-state index contributed by atoms with van der Waals surface area (Å²) in [4.78, 5) is 20.5. The van der Waals surface area contributed by atoms with E-state index in [1.54, 1.807) is 0 Å². The molecule has 2 aliphatic heterocycles. The van der Waals surface area contributed by atoms with Crippen LogP contribution in [0.4, 0.5) is 0 Å². The van der Waals surface area contributed by atoms with Gasteiger partial charge in [-0.1, -0.05) is 29.8 Å². The number of carbonyl (C=O) groups excluding carboxylic acids is 1. The first-order chi connectivity index (χ1) is 12.0. The largest absolute Gasteiger partial charge is 0.338 e. The second kappa shape index (κ2) is 6.58. The Hall–Kier alpha value is -1.65. The van der Waals surface area contributed by atoms with Crippen molar-refractivity contribution in [2.45, 2.75) is 39.8 Å². The Morgan fingerprint density at radius 3 is 2.68 bits per heavy atom. The van der Waals surface area contributed by atoms with Crippen molar-refractivity contribution >= 4 is 17.2 Å². The minimum absolute atomic E-state index is 0.129. The third-order valence-electron chi connectivity index (χ3n) is 5.67. The van der Waals surface area contributed by atoms with Gasteiger partial charge in [0.15, 0.2) is 0 Å². The molecular weight excluding hydrogens is 328 g/mol. The number of thiophene rings is 1. The molecule has 2 aliphatic rings. The quantitative estimate of drug-likeness (QED) is 0.829. The van der Waals surface area contributed by atoms with Crippen molar-refractivity contribution in [3.05, 3.63) is 57.3 Å². The fourth-order valence-corrected chi connectivity index (χ4v) is 5.27. The maximum Gasteiger partial charge on any atom is 0.230 e. The van der Waals surface area contributed by atoms with E-state index < -0.39 is 0 Å². The molecular formula is C21H26N2OS. The smallest absolute Gasteiger partial charge is 0.230 e. The van der Waals surface area contributed by atoms with Gasteiger partial charge in [0.25, 0.3) is 0 Å². The number of hydrogen-bond donors (Lipinski definition) is 0. The number of aryl methyl sites for hydroxylation is 2. The van der Waals surface area contributed by atoms with E-state index in [2.05, 4.69) is 60.0 Å². The van der Waals surface area contributed by atoms with Crippen molar-refractivity contribution in [1.82, 2.24) is 9.80 Å². The van der Waals surface area contributed by atoms with Crippen molar-refractivity contribution in [2.24, 2.45) is 5.41 Å². The van der Waals surface area contributed by atoms with E-state index in [9.17, 15) is 4.79 Å². The van der Waals surface area contributed by atoms with Crippen LogP contribution in [0.1, 0.15) is 33.7 Å². The molecule has 2 saturated heterocycles. The van der Waals surface area contributed by atoms with Gasteiger partial charge in [-0.05, 0) is 50.9 Å². The monoisotopic (exact) mass is 354 g/mol. The molecule has 1 spiro atoms. The zero-order valence-electron chi connectivity index (χ0n) is 15.1. The van der Waals surface area contributed by atoms with Gasteiger partial charge in [-0.2, -0.15) is 0 Å². The predicted molar refractivity (Wildman–Crippen MR) is 103 cm³/mol. The van der Waals surface area contributed by atoms with Crippen LogP contribution in [0.5, 0.6) is 0 Å². The van der Waals surface area contributed by atoms with E-state index in [0.29, 0.717) is 5.91 Å². The van der Waals surface area contributed by atoms with Crippen molar-refractivity contribution in [3.63, 3.8) is 0 Å². The molecule has 0 radical (unpaired) electrons. The number of amides is 1. The minimum Gasteiger partial charge on any atom is -0.338 e. The molecule has 132 valence electrons. The molecule has 2 fully saturated rings. The molecule has 1 atom stereocenters. The molecule has 1 amide bonds. The van der Waals surface area contributed by atoms with Gasteiger partial charge in [0.2, 0.25) is 5.91 Å². The van der Waals surface area contributed by atoms with E-state index >= 15 is 0 Å². The molecule has 3 nitrogen and oxygen atoms in total. The van der Waals surface area contributed by atoms with Crippen LogP contribution in [0.25, 0.3) is 0 Å². The van der Waals surface area contributed by atoms with Crippen molar-refractivity contribution in [3.8, 4) is 0 Å². The highest BCUT2D eigenvalue weighted by molar-refractivity contribution is 7.11. The fraction of sp³-hybridized carbons (Fsp3) is 0.476. The molecule has 0 N–H and O–H groups in total. The third-order valence-corrected chi connectivity index (χ3v) is 6.65. The summed E-state index contributed by atoms with van der Waals surface area (Å²) >= 11 is 1.87. The maximum atomic E-state index is 13.1. The Labute approximate surface area is 154 Å². The first-order valence-electron chi connectivity index (χ1n) is 9.17. The lowest BCUT2D eigenvalue weighted by Gasteiger charge is -2.23. The average Bonchev–Trinajstić information content (AvgIpc) is 3.25. The number of carbonyl (C=O) groups is 1. The number of benzene rings is 1. The molecule has 3 heterocycles. The van der Waals surface area contributed by atoms with E-state index in [0.717, 1.165) is 45.6 Å². The standard InChI is InChI=1S/C21H26N2OS/c1-16-4-3-5-18(12-16)13-23-11-9-21(20(23)24)8-10-22(15-21)14-19-7-6-17(2)25-19/h3-7,12H,8-11,13-15H2,1-2H3/t21-/m1/s1. The summed E-state index contributed by atoms with van der Waals surface area (Å²) in [7, 11) is 0. The van der Waals surface area contributed by atoms with Gasteiger partial charge in [-0.3, -0.25) is 9.69 Å². The highest BCUT2D eigenvalue weighted by atomic mass is 32.1. The Morgan fingerprint density at radius 1 is 1.08 bits per heavy atom. The summed E-state index contributed by atoms with van der Waals surface area (Å²) in [5.74, 6) is 0.374. The number of nitrogens with zero attached hydrogens (tertiary/aromatic N) is 2. The van der Waals surface area contributed by atoms with Crippen molar-refractivity contribution in [1.29, 1.82) is 0 Å². The zero-order valence-corrected chi connectivity index (χ0v) is 15.9. The summed E-state index contributed by atoms with van der Waals surface area (Å²) in [5.41, 5.74) is 2.38. The Bertz CT molecular complexity index is 784. The summed E-state index contributed by atoms with van der Waals surface area (Å²) in [6.45, 7) is 8.88. The van der Waals surface area contributed by atoms with Crippen molar-refractivity contribution < 1.29 is 4.79 Å². The lowest BCUT2D eigenvalue weighted by Crippen LogP contribution is -2.36. The number of rotatable bonds is 4. The van der Waals surface area contributed by atoms with Gasteiger partial charge in [-0.25, -0.2) is 0 Å². The van der Waals surface area contributed by atoms with Crippen LogP contribution in [-0.4, -0.2) is 35.3 Å². The molecule has 1 aromatic carbocycles. The summed E-state index contributed by atoms with van der Waals surface area (Å²) in [6, 6.07) is 12.9. The molecule has 0 bridgehead atoms. The molecule has 0 unspecified atom stereocenters. The summed E-state index contributed by atoms with van der Waals surface area (Å²) in [5, 5.41) is 0. The van der Waals surface area contributed by atoms with Gasteiger partial charge >= 0.3 is 0 Å². The van der Waals surface area contributed by atoms with Gasteiger partial charge in [0.1, 0.15) is 0 Å². The van der Waals surface area contributed by atoms with Gasteiger partial charge in [0, 0.05) is 35.9 Å². The SMILES string of the molecule is Cc1cccc(CN2CC[C@@]3(CCN(Cc4ccc(C)s4)C3)C2=O)c1. The molecule has 2 aromatic rings. The highest BCUT2D eigenvalue weighted by Gasteiger charge is 2.50. The molecule has 0 aliphatic carbocycles. The topological polar surface area (TPSA) is 23.6 Å². The van der Waals surface area contributed by atoms with Crippen molar-refractivity contribution in [2.75, 3.05) is 19.6 Å². The lowest BCUT2D eigenvalue weighted by molar-refractivity contribution is -0.136. The van der Waals surface area contributed by atoms with Crippen LogP contribution in [0.3, 0.4) is 0 Å². The molecule has 4 heteroatoms. The second-order valence-corrected chi connectivity index (χ2v) is 9.09. The molecule has 4 rings (SSSR count). The van der Waals surface area contributed by atoms with Gasteiger partial charge < -0.3 is 4.90 Å². The molecule has 1 aromatic heterocycles. The normalized spacial score (nSPS) is 23.9. The van der Waals surface area contributed by atoms with E-state index in [-0.39, 0.29) is 5.41 Å². The number of likely N-dealkylation sites (tertiary alicyclic amines) is 2. The van der Waals surface area contributed by atoms with Gasteiger partial charge in [-0.15, -0.1) is 11.3 Å². The maximum absolute atomic E-state index is 13.1.